The number of aryl methyl sites for hydroxylation is 1. The summed E-state index contributed by atoms with van der Waals surface area (Å²) in [4.78, 5) is 0. The van der Waals surface area contributed by atoms with Gasteiger partial charge in [0.25, 0.3) is 0 Å². The van der Waals surface area contributed by atoms with Gasteiger partial charge in [-0.2, -0.15) is 4.67 Å². The summed E-state index contributed by atoms with van der Waals surface area (Å²) in [6.07, 6.45) is 2.10. The molecule has 4 heteroatoms. The van der Waals surface area contributed by atoms with Crippen molar-refractivity contribution in [1.29, 1.82) is 0 Å². The topological polar surface area (TPSA) is 29.5 Å². The van der Waals surface area contributed by atoms with Gasteiger partial charge < -0.3 is 8.39 Å². The monoisotopic (exact) mass is 551 g/mol. The first-order valence-corrected chi connectivity index (χ1v) is 15.5. The van der Waals surface area contributed by atoms with Crippen LogP contribution in [0.2, 0.25) is 0 Å². The van der Waals surface area contributed by atoms with Crippen LogP contribution in [-0.2, 0) is 6.42 Å². The minimum atomic E-state index is -1.51. The summed E-state index contributed by atoms with van der Waals surface area (Å²) in [5, 5.41) is 6.96. The molecule has 7 aromatic rings. The highest BCUT2D eigenvalue weighted by Gasteiger charge is 2.35. The Bertz CT molecular complexity index is 2000. The highest BCUT2D eigenvalue weighted by molar-refractivity contribution is 7.39. The van der Waals surface area contributed by atoms with E-state index in [4.69, 9.17) is 8.39 Å². The maximum absolute atomic E-state index is 7.10. The van der Waals surface area contributed by atoms with Gasteiger partial charge in [-0.1, -0.05) is 115 Å². The van der Waals surface area contributed by atoms with Crippen LogP contribution in [-0.4, -0.2) is 0 Å². The number of nitrogens with zero attached hydrogens (tertiary/aromatic N) is 1. The van der Waals surface area contributed by atoms with Crippen molar-refractivity contribution in [2.24, 2.45) is 0 Å². The predicted molar refractivity (Wildman–Crippen MR) is 172 cm³/mol. The molecule has 1 aliphatic carbocycles. The van der Waals surface area contributed by atoms with Crippen LogP contribution < -0.4 is 4.67 Å². The first kappa shape index (κ1) is 24.5. The van der Waals surface area contributed by atoms with Crippen molar-refractivity contribution in [3.8, 4) is 0 Å². The van der Waals surface area contributed by atoms with E-state index >= 15 is 0 Å². The van der Waals surface area contributed by atoms with Gasteiger partial charge in [-0.25, -0.2) is 0 Å². The lowest BCUT2D eigenvalue weighted by molar-refractivity contribution is 0.536. The summed E-state index contributed by atoms with van der Waals surface area (Å²) >= 11 is 0. The fourth-order valence-electron chi connectivity index (χ4n) is 6.67. The lowest BCUT2D eigenvalue weighted by atomic mass is 9.99. The quantitative estimate of drug-likeness (QED) is 0.218. The molecule has 1 aliphatic rings. The molecule has 0 fully saturated rings. The summed E-state index contributed by atoms with van der Waals surface area (Å²) in [6, 6.07) is 45.7. The highest BCUT2D eigenvalue weighted by Crippen LogP contribution is 2.50. The first-order chi connectivity index (χ1) is 20.3. The molecule has 0 spiro atoms. The molecule has 3 nitrogen and oxygen atoms in total. The zero-order valence-electron chi connectivity index (χ0n) is 22.9. The predicted octanol–water partition coefficient (Wildman–Crippen LogP) is 11.0. The van der Waals surface area contributed by atoms with Crippen molar-refractivity contribution in [2.45, 2.75) is 31.8 Å². The van der Waals surface area contributed by atoms with Crippen molar-refractivity contribution >= 4 is 51.6 Å². The zero-order chi connectivity index (χ0) is 27.3. The first-order valence-electron chi connectivity index (χ1n) is 14.4. The van der Waals surface area contributed by atoms with Crippen molar-refractivity contribution in [1.82, 2.24) is 0 Å². The third-order valence-corrected chi connectivity index (χ3v) is 10.4. The molecule has 2 unspecified atom stereocenters. The van der Waals surface area contributed by atoms with Crippen LogP contribution in [0, 0.1) is 0 Å². The Morgan fingerprint density at radius 2 is 1.20 bits per heavy atom. The highest BCUT2D eigenvalue weighted by atomic mass is 31.1. The second-order valence-electron chi connectivity index (χ2n) is 11.0. The summed E-state index contributed by atoms with van der Waals surface area (Å²) in [5.74, 6) is 0. The largest absolute Gasteiger partial charge is 0.408 e. The van der Waals surface area contributed by atoms with Gasteiger partial charge in [0.05, 0.1) is 0 Å². The van der Waals surface area contributed by atoms with E-state index in [0.717, 1.165) is 34.8 Å². The van der Waals surface area contributed by atoms with E-state index in [1.54, 1.807) is 0 Å². The molecule has 0 radical (unpaired) electrons. The Balaban J connectivity index is 1.49. The third kappa shape index (κ3) is 4.08. The van der Waals surface area contributed by atoms with Crippen molar-refractivity contribution in [2.75, 3.05) is 4.67 Å². The molecule has 6 aromatic carbocycles. The molecule has 0 N–H and O–H groups in total. The average molecular weight is 552 g/mol. The molecule has 8 rings (SSSR count). The number of hydrogen-bond acceptors (Lipinski definition) is 3. The SMILES string of the molecule is CC(c1ccccc1)N(C1CCc2ccccc21)p1oc2ccc3ccccc3c2c2c(ccc3ccccc32)o1. The van der Waals surface area contributed by atoms with E-state index in [0.29, 0.717) is 0 Å². The van der Waals surface area contributed by atoms with E-state index in [1.165, 1.54) is 38.2 Å². The third-order valence-electron chi connectivity index (χ3n) is 8.67. The van der Waals surface area contributed by atoms with E-state index in [9.17, 15) is 0 Å². The molecule has 0 bridgehead atoms. The summed E-state index contributed by atoms with van der Waals surface area (Å²) in [7, 11) is -1.51. The Morgan fingerprint density at radius 1 is 0.634 bits per heavy atom. The molecule has 0 amide bonds. The van der Waals surface area contributed by atoms with Crippen LogP contribution in [0.4, 0.5) is 0 Å². The van der Waals surface area contributed by atoms with Gasteiger partial charge in [0.1, 0.15) is 11.2 Å². The Kier molecular flexibility index (Phi) is 5.95. The fraction of sp³-hybridized carbons (Fsp3) is 0.135. The van der Waals surface area contributed by atoms with Crippen molar-refractivity contribution in [3.05, 3.63) is 144 Å². The number of fused-ring (bicyclic) bond motifs is 8. The normalized spacial score (nSPS) is 15.6. The Labute approximate surface area is 240 Å². The molecule has 0 saturated carbocycles. The van der Waals surface area contributed by atoms with Crippen molar-refractivity contribution in [3.63, 3.8) is 0 Å². The van der Waals surface area contributed by atoms with Gasteiger partial charge in [0.15, 0.2) is 0 Å². The standard InChI is InChI=1S/C37H30NO2P/c1-25(26-11-3-2-4-12-26)38(33-22-19-27-13-5-8-16-30(27)33)41-39-34-23-20-28-14-6-9-17-31(28)36(34)37-32-18-10-7-15-29(32)21-24-35(37)40-41/h2-18,20-21,23-25,33H,19,22H2,1H3. The molecule has 41 heavy (non-hydrogen) atoms. The molecule has 200 valence electrons. The van der Waals surface area contributed by atoms with E-state index in [-0.39, 0.29) is 12.1 Å². The van der Waals surface area contributed by atoms with Crippen LogP contribution in [0.3, 0.4) is 0 Å². The Hall–Kier alpha value is -4.30. The second kappa shape index (κ2) is 9.96. The summed E-state index contributed by atoms with van der Waals surface area (Å²) in [5.41, 5.74) is 5.81. The number of hydrogen-bond donors (Lipinski definition) is 0. The lowest BCUT2D eigenvalue weighted by Crippen LogP contribution is -2.27. The van der Waals surface area contributed by atoms with Crippen LogP contribution in [0.15, 0.2) is 136 Å². The van der Waals surface area contributed by atoms with Crippen LogP contribution >= 0.6 is 8.16 Å². The molecule has 1 heterocycles. The minimum Gasteiger partial charge on any atom is -0.408 e. The van der Waals surface area contributed by atoms with Gasteiger partial charge >= 0.3 is 8.16 Å². The molecule has 2 atom stereocenters. The van der Waals surface area contributed by atoms with Crippen molar-refractivity contribution < 1.29 is 8.39 Å². The van der Waals surface area contributed by atoms with Crippen LogP contribution in [0.5, 0.6) is 0 Å². The summed E-state index contributed by atoms with van der Waals surface area (Å²) in [6.45, 7) is 2.29. The van der Waals surface area contributed by atoms with Crippen LogP contribution in [0.25, 0.3) is 43.5 Å². The van der Waals surface area contributed by atoms with Gasteiger partial charge in [0.2, 0.25) is 0 Å². The van der Waals surface area contributed by atoms with Crippen LogP contribution in [0.1, 0.15) is 42.1 Å². The second-order valence-corrected chi connectivity index (χ2v) is 12.3. The summed E-state index contributed by atoms with van der Waals surface area (Å²) < 4.78 is 16.7. The fourth-order valence-corrected chi connectivity index (χ4v) is 8.42. The van der Waals surface area contributed by atoms with E-state index < -0.39 is 8.16 Å². The smallest absolute Gasteiger partial charge is 0.310 e. The maximum Gasteiger partial charge on any atom is 0.310 e. The molecular weight excluding hydrogens is 521 g/mol. The van der Waals surface area contributed by atoms with E-state index in [2.05, 4.69) is 139 Å². The van der Waals surface area contributed by atoms with Gasteiger partial charge in [-0.05, 0) is 70.1 Å². The van der Waals surface area contributed by atoms with Gasteiger partial charge in [-0.15, -0.1) is 0 Å². The molecular formula is C37H30NO2P. The maximum atomic E-state index is 7.10. The number of rotatable bonds is 4. The number of benzene rings is 6. The van der Waals surface area contributed by atoms with E-state index in [1.807, 2.05) is 0 Å². The van der Waals surface area contributed by atoms with Gasteiger partial charge in [-0.3, -0.25) is 0 Å². The Morgan fingerprint density at radius 3 is 1.85 bits per heavy atom. The molecule has 0 aliphatic heterocycles. The lowest BCUT2D eigenvalue weighted by Gasteiger charge is -2.32. The zero-order valence-corrected chi connectivity index (χ0v) is 23.8. The molecule has 0 saturated heterocycles. The average Bonchev–Trinajstić information content (AvgIpc) is 3.36. The van der Waals surface area contributed by atoms with Gasteiger partial charge in [0, 0.05) is 22.9 Å². The molecule has 1 aromatic heterocycles. The minimum absolute atomic E-state index is 0.0874.